The van der Waals surface area contributed by atoms with Crippen molar-refractivity contribution in [1.82, 2.24) is 5.32 Å². The van der Waals surface area contributed by atoms with Gasteiger partial charge in [-0.25, -0.2) is 0 Å². The van der Waals surface area contributed by atoms with Crippen LogP contribution in [0.1, 0.15) is 48.4 Å². The normalized spacial score (nSPS) is 21.8. The van der Waals surface area contributed by atoms with Gasteiger partial charge in [0.15, 0.2) is 0 Å². The fourth-order valence-electron chi connectivity index (χ4n) is 2.87. The minimum absolute atomic E-state index is 0.411. The standard InChI is InChI=1S/C16H25NO/c1-12-7-8-15(13(2)10-12)16(17-3)11-14-6-4-5-9-18-14/h7-8,10,14,16-17H,4-6,9,11H2,1-3H3. The van der Waals surface area contributed by atoms with E-state index in [9.17, 15) is 0 Å². The van der Waals surface area contributed by atoms with Crippen LogP contribution < -0.4 is 5.32 Å². The Morgan fingerprint density at radius 2 is 2.17 bits per heavy atom. The van der Waals surface area contributed by atoms with Crippen molar-refractivity contribution < 1.29 is 4.74 Å². The molecule has 2 heteroatoms. The molecular formula is C16H25NO. The van der Waals surface area contributed by atoms with E-state index in [1.54, 1.807) is 0 Å². The van der Waals surface area contributed by atoms with Gasteiger partial charge in [0.1, 0.15) is 0 Å². The fourth-order valence-corrected chi connectivity index (χ4v) is 2.87. The fraction of sp³-hybridized carbons (Fsp3) is 0.625. The van der Waals surface area contributed by atoms with Crippen molar-refractivity contribution in [3.05, 3.63) is 34.9 Å². The van der Waals surface area contributed by atoms with Crippen molar-refractivity contribution in [2.75, 3.05) is 13.7 Å². The summed E-state index contributed by atoms with van der Waals surface area (Å²) in [5.41, 5.74) is 4.13. The van der Waals surface area contributed by atoms with E-state index >= 15 is 0 Å². The molecule has 100 valence electrons. The minimum atomic E-state index is 0.411. The third-order valence-electron chi connectivity index (χ3n) is 3.92. The van der Waals surface area contributed by atoms with Crippen molar-refractivity contribution in [2.24, 2.45) is 0 Å². The molecule has 18 heavy (non-hydrogen) atoms. The number of rotatable bonds is 4. The van der Waals surface area contributed by atoms with Crippen molar-refractivity contribution in [1.29, 1.82) is 0 Å². The van der Waals surface area contributed by atoms with Crippen LogP contribution in [0, 0.1) is 13.8 Å². The topological polar surface area (TPSA) is 21.3 Å². The summed E-state index contributed by atoms with van der Waals surface area (Å²) in [4.78, 5) is 0. The number of hydrogen-bond donors (Lipinski definition) is 1. The Kier molecular flexibility index (Phi) is 4.79. The van der Waals surface area contributed by atoms with Crippen molar-refractivity contribution in [2.45, 2.75) is 51.7 Å². The molecule has 1 N–H and O–H groups in total. The zero-order valence-corrected chi connectivity index (χ0v) is 11.8. The van der Waals surface area contributed by atoms with Crippen LogP contribution in [0.15, 0.2) is 18.2 Å². The molecule has 0 amide bonds. The summed E-state index contributed by atoms with van der Waals surface area (Å²) in [5.74, 6) is 0. The van der Waals surface area contributed by atoms with E-state index in [1.165, 1.54) is 36.0 Å². The molecule has 0 radical (unpaired) electrons. The van der Waals surface area contributed by atoms with Gasteiger partial charge in [-0.3, -0.25) is 0 Å². The molecule has 1 fully saturated rings. The van der Waals surface area contributed by atoms with E-state index in [4.69, 9.17) is 4.74 Å². The molecule has 1 heterocycles. The van der Waals surface area contributed by atoms with Crippen LogP contribution in [0.25, 0.3) is 0 Å². The van der Waals surface area contributed by atoms with Crippen LogP contribution in [0.5, 0.6) is 0 Å². The molecule has 0 spiro atoms. The lowest BCUT2D eigenvalue weighted by molar-refractivity contribution is 0.00545. The maximum absolute atomic E-state index is 5.86. The van der Waals surface area contributed by atoms with Crippen molar-refractivity contribution in [3.8, 4) is 0 Å². The molecule has 2 unspecified atom stereocenters. The SMILES string of the molecule is CNC(CC1CCCCO1)c1ccc(C)cc1C. The molecule has 2 atom stereocenters. The van der Waals surface area contributed by atoms with Gasteiger partial charge in [-0.2, -0.15) is 0 Å². The number of ether oxygens (including phenoxy) is 1. The lowest BCUT2D eigenvalue weighted by Gasteiger charge is -2.28. The molecular weight excluding hydrogens is 222 g/mol. The molecule has 0 saturated carbocycles. The summed E-state index contributed by atoms with van der Waals surface area (Å²) in [6.45, 7) is 5.29. The lowest BCUT2D eigenvalue weighted by atomic mass is 9.93. The predicted molar refractivity (Wildman–Crippen MR) is 75.9 cm³/mol. The first-order chi connectivity index (χ1) is 8.70. The van der Waals surface area contributed by atoms with E-state index < -0.39 is 0 Å². The number of aryl methyl sites for hydroxylation is 2. The first-order valence-electron chi connectivity index (χ1n) is 7.06. The number of benzene rings is 1. The van der Waals surface area contributed by atoms with Crippen LogP contribution in [-0.4, -0.2) is 19.8 Å². The van der Waals surface area contributed by atoms with E-state index in [0.29, 0.717) is 12.1 Å². The molecule has 1 saturated heterocycles. The first-order valence-corrected chi connectivity index (χ1v) is 7.06. The molecule has 1 aliphatic heterocycles. The summed E-state index contributed by atoms with van der Waals surface area (Å²) >= 11 is 0. The molecule has 1 aromatic carbocycles. The minimum Gasteiger partial charge on any atom is -0.378 e. The molecule has 0 aromatic heterocycles. The number of hydrogen-bond acceptors (Lipinski definition) is 2. The largest absolute Gasteiger partial charge is 0.378 e. The molecule has 1 aliphatic rings. The van der Waals surface area contributed by atoms with Crippen LogP contribution >= 0.6 is 0 Å². The highest BCUT2D eigenvalue weighted by Gasteiger charge is 2.20. The van der Waals surface area contributed by atoms with Gasteiger partial charge in [0, 0.05) is 12.6 Å². The van der Waals surface area contributed by atoms with Crippen LogP contribution in [0.3, 0.4) is 0 Å². The van der Waals surface area contributed by atoms with Gasteiger partial charge in [0.2, 0.25) is 0 Å². The summed E-state index contributed by atoms with van der Waals surface area (Å²) in [5, 5.41) is 3.45. The van der Waals surface area contributed by atoms with Crippen molar-refractivity contribution >= 4 is 0 Å². The molecule has 2 rings (SSSR count). The summed E-state index contributed by atoms with van der Waals surface area (Å²) < 4.78 is 5.86. The molecule has 0 bridgehead atoms. The third kappa shape index (κ3) is 3.33. The van der Waals surface area contributed by atoms with Gasteiger partial charge in [-0.1, -0.05) is 23.8 Å². The maximum atomic E-state index is 5.86. The van der Waals surface area contributed by atoms with E-state index in [2.05, 4.69) is 37.4 Å². The van der Waals surface area contributed by atoms with Crippen LogP contribution in [0.2, 0.25) is 0 Å². The second kappa shape index (κ2) is 6.35. The highest BCUT2D eigenvalue weighted by molar-refractivity contribution is 5.32. The summed E-state index contributed by atoms with van der Waals surface area (Å²) in [7, 11) is 2.05. The van der Waals surface area contributed by atoms with E-state index in [-0.39, 0.29) is 0 Å². The lowest BCUT2D eigenvalue weighted by Crippen LogP contribution is -2.27. The Balaban J connectivity index is 2.07. The summed E-state index contributed by atoms with van der Waals surface area (Å²) in [6.07, 6.45) is 5.26. The monoisotopic (exact) mass is 247 g/mol. The smallest absolute Gasteiger partial charge is 0.0593 e. The highest BCUT2D eigenvalue weighted by atomic mass is 16.5. The van der Waals surface area contributed by atoms with Gasteiger partial charge >= 0.3 is 0 Å². The Bertz CT molecular complexity index is 383. The third-order valence-corrected chi connectivity index (χ3v) is 3.92. The average Bonchev–Trinajstić information content (AvgIpc) is 2.38. The quantitative estimate of drug-likeness (QED) is 0.879. The van der Waals surface area contributed by atoms with Gasteiger partial charge in [-0.15, -0.1) is 0 Å². The van der Waals surface area contributed by atoms with Gasteiger partial charge in [-0.05, 0) is 57.7 Å². The van der Waals surface area contributed by atoms with Gasteiger partial charge in [0.25, 0.3) is 0 Å². The van der Waals surface area contributed by atoms with Crippen molar-refractivity contribution in [3.63, 3.8) is 0 Å². The molecule has 2 nitrogen and oxygen atoms in total. The Morgan fingerprint density at radius 3 is 2.78 bits per heavy atom. The number of nitrogens with one attached hydrogen (secondary N) is 1. The Hall–Kier alpha value is -0.860. The molecule has 0 aliphatic carbocycles. The van der Waals surface area contributed by atoms with E-state index in [1.807, 2.05) is 7.05 Å². The van der Waals surface area contributed by atoms with Crippen LogP contribution in [0.4, 0.5) is 0 Å². The highest BCUT2D eigenvalue weighted by Crippen LogP contribution is 2.27. The van der Waals surface area contributed by atoms with Crippen LogP contribution in [-0.2, 0) is 4.74 Å². The Labute approximate surface area is 111 Å². The molecule has 1 aromatic rings. The zero-order valence-electron chi connectivity index (χ0n) is 11.8. The zero-order chi connectivity index (χ0) is 13.0. The van der Waals surface area contributed by atoms with Gasteiger partial charge in [0.05, 0.1) is 6.10 Å². The maximum Gasteiger partial charge on any atom is 0.0593 e. The second-order valence-electron chi connectivity index (χ2n) is 5.43. The Morgan fingerprint density at radius 1 is 1.33 bits per heavy atom. The average molecular weight is 247 g/mol. The second-order valence-corrected chi connectivity index (χ2v) is 5.43. The van der Waals surface area contributed by atoms with Gasteiger partial charge < -0.3 is 10.1 Å². The summed E-state index contributed by atoms with van der Waals surface area (Å²) in [6, 6.07) is 7.14. The predicted octanol–water partition coefficient (Wildman–Crippen LogP) is 3.52. The first kappa shape index (κ1) is 13.6. The van der Waals surface area contributed by atoms with E-state index in [0.717, 1.165) is 13.0 Å².